The van der Waals surface area contributed by atoms with E-state index in [1.807, 2.05) is 12.1 Å². The maximum atomic E-state index is 5.28. The Labute approximate surface area is 347 Å². The molecule has 0 amide bonds. The zero-order valence-electron chi connectivity index (χ0n) is 32.5. The Morgan fingerprint density at radius 2 is 0.883 bits per heavy atom. The molecule has 0 saturated carbocycles. The SMILES string of the molecule is c1ccc(-c2cc(-c3ccccc3)nc(-c3ccc4c5c6ccccc6c6c(c5n(-c5ccccc5)c4c3)C3(c4ccccc4-c4ccccc43)c3ccccc3-6)n2)cc1. The molecule has 0 bridgehead atoms. The Hall–Kier alpha value is -7.88. The van der Waals surface area contributed by atoms with Crippen LogP contribution >= 0.6 is 0 Å². The summed E-state index contributed by atoms with van der Waals surface area (Å²) in [5.74, 6) is 0.694. The van der Waals surface area contributed by atoms with Crippen LogP contribution < -0.4 is 0 Å². The van der Waals surface area contributed by atoms with Gasteiger partial charge in [-0.05, 0) is 74.0 Å². The quantitative estimate of drug-likeness (QED) is 0.179. The van der Waals surface area contributed by atoms with Crippen LogP contribution in [0.25, 0.3) is 94.4 Å². The predicted molar refractivity (Wildman–Crippen MR) is 246 cm³/mol. The van der Waals surface area contributed by atoms with Gasteiger partial charge in [-0.1, -0.05) is 188 Å². The van der Waals surface area contributed by atoms with E-state index in [1.165, 1.54) is 71.6 Å². The van der Waals surface area contributed by atoms with Crippen molar-refractivity contribution in [3.8, 4) is 61.8 Å². The Balaban J connectivity index is 1.20. The van der Waals surface area contributed by atoms with E-state index in [-0.39, 0.29) is 0 Å². The molecule has 0 aliphatic heterocycles. The zero-order chi connectivity index (χ0) is 39.4. The van der Waals surface area contributed by atoms with Gasteiger partial charge in [0.05, 0.1) is 27.8 Å². The monoisotopic (exact) mass is 761 g/mol. The molecule has 0 radical (unpaired) electrons. The Morgan fingerprint density at radius 3 is 1.50 bits per heavy atom. The summed E-state index contributed by atoms with van der Waals surface area (Å²) in [6.45, 7) is 0. The number of rotatable bonds is 4. The maximum Gasteiger partial charge on any atom is 0.160 e. The molecule has 2 aromatic heterocycles. The average Bonchev–Trinajstić information content (AvgIpc) is 3.94. The third-order valence-electron chi connectivity index (χ3n) is 13.0. The number of para-hydroxylation sites is 1. The molecule has 0 atom stereocenters. The second kappa shape index (κ2) is 12.6. The van der Waals surface area contributed by atoms with Gasteiger partial charge in [0.2, 0.25) is 0 Å². The fraction of sp³-hybridized carbons (Fsp3) is 0.0175. The van der Waals surface area contributed by atoms with Gasteiger partial charge in [0, 0.05) is 38.7 Å². The van der Waals surface area contributed by atoms with Crippen LogP contribution in [-0.2, 0) is 5.41 Å². The topological polar surface area (TPSA) is 30.7 Å². The molecule has 0 N–H and O–H groups in total. The molecule has 2 aliphatic carbocycles. The van der Waals surface area contributed by atoms with Crippen LogP contribution in [0.15, 0.2) is 212 Å². The second-order valence-electron chi connectivity index (χ2n) is 16.0. The van der Waals surface area contributed by atoms with E-state index in [4.69, 9.17) is 9.97 Å². The molecule has 2 heterocycles. The van der Waals surface area contributed by atoms with Crippen LogP contribution in [0.3, 0.4) is 0 Å². The molecular weight excluding hydrogens is 727 g/mol. The largest absolute Gasteiger partial charge is 0.309 e. The maximum absolute atomic E-state index is 5.28. The predicted octanol–water partition coefficient (Wildman–Crippen LogP) is 14.1. The van der Waals surface area contributed by atoms with Crippen molar-refractivity contribution in [3.63, 3.8) is 0 Å². The minimum atomic E-state index is -0.539. The summed E-state index contributed by atoms with van der Waals surface area (Å²) in [5.41, 5.74) is 18.3. The minimum absolute atomic E-state index is 0.539. The molecule has 3 heteroatoms. The summed E-state index contributed by atoms with van der Waals surface area (Å²) in [6.07, 6.45) is 0. The third-order valence-corrected chi connectivity index (χ3v) is 13.0. The van der Waals surface area contributed by atoms with Crippen molar-refractivity contribution in [2.45, 2.75) is 5.41 Å². The average molecular weight is 762 g/mol. The summed E-state index contributed by atoms with van der Waals surface area (Å²) in [7, 11) is 0. The van der Waals surface area contributed by atoms with E-state index in [0.717, 1.165) is 39.3 Å². The normalized spacial score (nSPS) is 13.1. The van der Waals surface area contributed by atoms with Crippen LogP contribution in [0, 0.1) is 0 Å². The molecule has 0 saturated heterocycles. The summed E-state index contributed by atoms with van der Waals surface area (Å²) in [4.78, 5) is 10.6. The van der Waals surface area contributed by atoms with Crippen molar-refractivity contribution < 1.29 is 0 Å². The van der Waals surface area contributed by atoms with Crippen molar-refractivity contribution in [2.24, 2.45) is 0 Å². The molecular formula is C57H35N3. The van der Waals surface area contributed by atoms with Gasteiger partial charge in [-0.2, -0.15) is 0 Å². The first kappa shape index (κ1) is 33.1. The summed E-state index contributed by atoms with van der Waals surface area (Å²) < 4.78 is 2.54. The number of nitrogens with zero attached hydrogens (tertiary/aromatic N) is 3. The number of benzene rings is 9. The lowest BCUT2D eigenvalue weighted by Crippen LogP contribution is -2.26. The summed E-state index contributed by atoms with van der Waals surface area (Å²) in [5, 5.41) is 4.98. The number of aromatic nitrogens is 3. The molecule has 1 spiro atoms. The van der Waals surface area contributed by atoms with Crippen LogP contribution in [-0.4, -0.2) is 14.5 Å². The Kier molecular flexibility index (Phi) is 6.93. The van der Waals surface area contributed by atoms with Crippen LogP contribution in [0.1, 0.15) is 22.3 Å². The lowest BCUT2D eigenvalue weighted by molar-refractivity contribution is 0.797. The highest BCUT2D eigenvalue weighted by Gasteiger charge is 2.53. The van der Waals surface area contributed by atoms with Gasteiger partial charge >= 0.3 is 0 Å². The van der Waals surface area contributed by atoms with E-state index < -0.39 is 5.41 Å². The molecule has 13 rings (SSSR count). The highest BCUT2D eigenvalue weighted by atomic mass is 15.0. The summed E-state index contributed by atoms with van der Waals surface area (Å²) in [6, 6.07) is 77.1. The van der Waals surface area contributed by atoms with E-state index in [9.17, 15) is 0 Å². The molecule has 60 heavy (non-hydrogen) atoms. The molecule has 11 aromatic rings. The standard InChI is InChI=1S/C57H35N3/c1-4-18-36(19-5-1)49-35-50(37-20-6-2-7-21-37)59-56(58-49)38-32-33-45-51(34-38)60(39-22-8-3-9-23-39)55-53(45)43-27-11-10-26-42(43)52-44-28-14-17-31-48(44)57(54(52)55)46-29-15-12-24-40(46)41-25-13-16-30-47(41)57/h1-35H. The van der Waals surface area contributed by atoms with Crippen molar-refractivity contribution in [2.75, 3.05) is 0 Å². The third kappa shape index (κ3) is 4.44. The minimum Gasteiger partial charge on any atom is -0.309 e. The fourth-order valence-electron chi connectivity index (χ4n) is 10.6. The van der Waals surface area contributed by atoms with E-state index >= 15 is 0 Å². The molecule has 0 unspecified atom stereocenters. The molecule has 3 nitrogen and oxygen atoms in total. The lowest BCUT2D eigenvalue weighted by Gasteiger charge is -2.31. The first-order valence-corrected chi connectivity index (χ1v) is 20.7. The smallest absolute Gasteiger partial charge is 0.160 e. The first-order chi connectivity index (χ1) is 29.8. The van der Waals surface area contributed by atoms with Crippen LogP contribution in [0.5, 0.6) is 0 Å². The van der Waals surface area contributed by atoms with Gasteiger partial charge < -0.3 is 4.57 Å². The van der Waals surface area contributed by atoms with Crippen LogP contribution in [0.2, 0.25) is 0 Å². The first-order valence-electron chi connectivity index (χ1n) is 20.7. The van der Waals surface area contributed by atoms with E-state index in [2.05, 4.69) is 205 Å². The molecule has 0 fully saturated rings. The van der Waals surface area contributed by atoms with Gasteiger partial charge in [-0.25, -0.2) is 9.97 Å². The number of hydrogen-bond donors (Lipinski definition) is 0. The molecule has 2 aliphatic rings. The highest BCUT2D eigenvalue weighted by Crippen LogP contribution is 2.66. The van der Waals surface area contributed by atoms with Gasteiger partial charge in [0.25, 0.3) is 0 Å². The van der Waals surface area contributed by atoms with Crippen molar-refractivity contribution in [1.29, 1.82) is 0 Å². The molecule has 9 aromatic carbocycles. The van der Waals surface area contributed by atoms with Gasteiger partial charge in [0.15, 0.2) is 5.82 Å². The van der Waals surface area contributed by atoms with E-state index in [1.54, 1.807) is 0 Å². The molecule has 278 valence electrons. The fourth-order valence-corrected chi connectivity index (χ4v) is 10.6. The Bertz CT molecular complexity index is 3430. The van der Waals surface area contributed by atoms with Gasteiger partial charge in [-0.3, -0.25) is 0 Å². The highest BCUT2D eigenvalue weighted by molar-refractivity contribution is 6.28. The van der Waals surface area contributed by atoms with Crippen molar-refractivity contribution in [3.05, 3.63) is 235 Å². The van der Waals surface area contributed by atoms with Crippen LogP contribution in [0.4, 0.5) is 0 Å². The van der Waals surface area contributed by atoms with Gasteiger partial charge in [-0.15, -0.1) is 0 Å². The van der Waals surface area contributed by atoms with Crippen molar-refractivity contribution in [1.82, 2.24) is 14.5 Å². The summed E-state index contributed by atoms with van der Waals surface area (Å²) >= 11 is 0. The zero-order valence-corrected chi connectivity index (χ0v) is 32.5. The lowest BCUT2D eigenvalue weighted by atomic mass is 9.70. The van der Waals surface area contributed by atoms with Gasteiger partial charge in [0.1, 0.15) is 0 Å². The van der Waals surface area contributed by atoms with E-state index in [0.29, 0.717) is 5.82 Å². The number of fused-ring (bicyclic) bond motifs is 17. The van der Waals surface area contributed by atoms with Crippen molar-refractivity contribution >= 4 is 32.6 Å². The second-order valence-corrected chi connectivity index (χ2v) is 16.0. The Morgan fingerprint density at radius 1 is 0.383 bits per heavy atom. The number of hydrogen-bond acceptors (Lipinski definition) is 2.